The Labute approximate surface area is 168 Å². The van der Waals surface area contributed by atoms with Crippen LogP contribution in [-0.4, -0.2) is 11.6 Å². The van der Waals surface area contributed by atoms with Gasteiger partial charge in [0.1, 0.15) is 5.38 Å². The summed E-state index contributed by atoms with van der Waals surface area (Å²) in [4.78, 5) is 13.9. The van der Waals surface area contributed by atoms with Gasteiger partial charge in [0.15, 0.2) is 15.2 Å². The molecule has 1 unspecified atom stereocenters. The molecule has 0 bridgehead atoms. The lowest BCUT2D eigenvalue weighted by molar-refractivity contribution is -0.0260. The molecule has 28 heavy (non-hydrogen) atoms. The van der Waals surface area contributed by atoms with Gasteiger partial charge in [-0.05, 0) is 68.5 Å². The van der Waals surface area contributed by atoms with Gasteiger partial charge in [-0.3, -0.25) is 0 Å². The van der Waals surface area contributed by atoms with Crippen LogP contribution in [0.3, 0.4) is 0 Å². The van der Waals surface area contributed by atoms with Gasteiger partial charge in [-0.2, -0.15) is 0 Å². The molecule has 3 heteroatoms. The third-order valence-corrected chi connectivity index (χ3v) is 7.98. The first-order chi connectivity index (χ1) is 13.7. The third kappa shape index (κ3) is 3.23. The monoisotopic (exact) mass is 387 g/mol. The van der Waals surface area contributed by atoms with Gasteiger partial charge in [-0.1, -0.05) is 30.4 Å². The quantitative estimate of drug-likeness (QED) is 0.293. The highest BCUT2D eigenvalue weighted by Gasteiger charge is 2.40. The number of benzene rings is 2. The van der Waals surface area contributed by atoms with E-state index in [1.54, 1.807) is 0 Å². The van der Waals surface area contributed by atoms with E-state index < -0.39 is 5.60 Å². The Morgan fingerprint density at radius 2 is 1.79 bits per heavy atom. The minimum atomic E-state index is -0.541. The zero-order valence-electron chi connectivity index (χ0n) is 15.8. The zero-order valence-corrected chi connectivity index (χ0v) is 16.6. The Morgan fingerprint density at radius 1 is 1.00 bits per heavy atom. The first-order valence-corrected chi connectivity index (χ1v) is 11.4. The predicted molar refractivity (Wildman–Crippen MR) is 115 cm³/mol. The fourth-order valence-electron chi connectivity index (χ4n) is 3.75. The van der Waals surface area contributed by atoms with E-state index in [4.69, 9.17) is 4.74 Å². The molecule has 0 aliphatic heterocycles. The molecule has 0 spiro atoms. The van der Waals surface area contributed by atoms with Crippen molar-refractivity contribution >= 4 is 26.5 Å². The summed E-state index contributed by atoms with van der Waals surface area (Å²) in [7, 11) is -0.0546. The number of ether oxygens (including phenoxy) is 1. The van der Waals surface area contributed by atoms with E-state index in [1.807, 2.05) is 12.1 Å². The van der Waals surface area contributed by atoms with Crippen molar-refractivity contribution in [2.45, 2.75) is 44.1 Å². The highest BCUT2D eigenvalue weighted by atomic mass is 32.2. The lowest BCUT2D eigenvalue weighted by atomic mass is 9.78. The maximum absolute atomic E-state index is 12.7. The molecule has 2 nitrogen and oxygen atoms in total. The second kappa shape index (κ2) is 7.11. The van der Waals surface area contributed by atoms with Crippen LogP contribution in [0, 0.1) is 17.8 Å². The highest BCUT2D eigenvalue weighted by molar-refractivity contribution is 7.43. The molecule has 0 saturated heterocycles. The van der Waals surface area contributed by atoms with E-state index in [0.717, 1.165) is 19.3 Å². The molecule has 2 aliphatic carbocycles. The first-order valence-electron chi connectivity index (χ1n) is 10.1. The lowest BCUT2D eigenvalue weighted by Crippen LogP contribution is -2.40. The van der Waals surface area contributed by atoms with Crippen molar-refractivity contribution < 1.29 is 9.53 Å². The van der Waals surface area contributed by atoms with Crippen LogP contribution in [0.4, 0.5) is 0 Å². The van der Waals surface area contributed by atoms with Crippen molar-refractivity contribution in [3.05, 3.63) is 65.5 Å². The Hall–Kier alpha value is -2.57. The topological polar surface area (TPSA) is 26.3 Å². The maximum atomic E-state index is 12.7. The van der Waals surface area contributed by atoms with Gasteiger partial charge in [-0.15, -0.1) is 0 Å². The Balaban J connectivity index is 1.33. The number of carbonyl (C=O) groups excluding carboxylic acids is 1. The van der Waals surface area contributed by atoms with E-state index in [0.29, 0.717) is 11.5 Å². The number of thiophene rings is 1. The van der Waals surface area contributed by atoms with Gasteiger partial charge in [0.2, 0.25) is 0 Å². The van der Waals surface area contributed by atoms with E-state index in [1.165, 1.54) is 34.2 Å². The zero-order chi connectivity index (χ0) is 19.0. The summed E-state index contributed by atoms with van der Waals surface area (Å²) in [5.41, 5.74) is 0.0702. The van der Waals surface area contributed by atoms with Crippen molar-refractivity contribution in [2.75, 3.05) is 0 Å². The van der Waals surface area contributed by atoms with Gasteiger partial charge in [-0.25, -0.2) is 4.79 Å². The summed E-state index contributed by atoms with van der Waals surface area (Å²) >= 11 is 0. The lowest BCUT2D eigenvalue weighted by Gasteiger charge is -2.36. The van der Waals surface area contributed by atoms with E-state index in [9.17, 15) is 4.79 Å². The summed E-state index contributed by atoms with van der Waals surface area (Å²) in [5.74, 6) is 6.90. The summed E-state index contributed by atoms with van der Waals surface area (Å²) < 4.78 is 7.22. The number of carbonyl (C=O) groups is 1. The first kappa shape index (κ1) is 17.5. The average molecular weight is 388 g/mol. The van der Waals surface area contributed by atoms with Gasteiger partial charge in [0, 0.05) is 27.8 Å². The second-order valence-corrected chi connectivity index (χ2v) is 9.70. The van der Waals surface area contributed by atoms with Crippen LogP contribution in [-0.2, 0) is 4.74 Å². The minimum Gasteiger partial charge on any atom is -0.442 e. The fraction of sp³-hybridized carbons (Fsp3) is 0.320. The van der Waals surface area contributed by atoms with Gasteiger partial charge < -0.3 is 4.74 Å². The molecule has 140 valence electrons. The van der Waals surface area contributed by atoms with Crippen molar-refractivity contribution in [1.29, 1.82) is 0 Å². The van der Waals surface area contributed by atoms with E-state index in [-0.39, 0.29) is 16.4 Å². The SMILES string of the molecule is O=C(OC1(C#CC2CCC2)CCC1)c1ccc(-[s+]2ccc3ccccc32)cc1. The second-order valence-electron chi connectivity index (χ2n) is 7.84. The number of fused-ring (bicyclic) bond motifs is 1. The summed E-state index contributed by atoms with van der Waals surface area (Å²) in [6.07, 6.45) is 6.47. The number of hydrogen-bond donors (Lipinski definition) is 0. The Morgan fingerprint density at radius 3 is 2.46 bits per heavy atom. The summed E-state index contributed by atoms with van der Waals surface area (Å²) in [5, 5.41) is 3.53. The van der Waals surface area contributed by atoms with Crippen molar-refractivity contribution in [3.8, 4) is 16.7 Å². The Kier molecular flexibility index (Phi) is 4.45. The van der Waals surface area contributed by atoms with Crippen LogP contribution in [0.25, 0.3) is 15.0 Å². The van der Waals surface area contributed by atoms with Crippen LogP contribution in [0.2, 0.25) is 0 Å². The summed E-state index contributed by atoms with van der Waals surface area (Å²) in [6, 6.07) is 18.6. The van der Waals surface area contributed by atoms with Gasteiger partial charge in [0.05, 0.1) is 5.56 Å². The smallest absolute Gasteiger partial charge is 0.339 e. The molecule has 2 fully saturated rings. The Bertz CT molecular complexity index is 1070. The van der Waals surface area contributed by atoms with Crippen LogP contribution in [0.1, 0.15) is 48.9 Å². The van der Waals surface area contributed by atoms with Gasteiger partial charge >= 0.3 is 5.97 Å². The molecule has 0 N–H and O–H groups in total. The number of hydrogen-bond acceptors (Lipinski definition) is 2. The van der Waals surface area contributed by atoms with Crippen LogP contribution < -0.4 is 0 Å². The van der Waals surface area contributed by atoms with Crippen molar-refractivity contribution in [2.24, 2.45) is 5.92 Å². The molecular formula is C25H23O2S+. The molecule has 1 atom stereocenters. The minimum absolute atomic E-state index is 0.0546. The number of rotatable bonds is 3. The molecule has 0 radical (unpaired) electrons. The average Bonchev–Trinajstić information content (AvgIpc) is 3.09. The van der Waals surface area contributed by atoms with Crippen molar-refractivity contribution in [3.63, 3.8) is 0 Å². The highest BCUT2D eigenvalue weighted by Crippen LogP contribution is 2.40. The van der Waals surface area contributed by atoms with Crippen molar-refractivity contribution in [1.82, 2.24) is 0 Å². The fourth-order valence-corrected chi connectivity index (χ4v) is 5.63. The molecular weight excluding hydrogens is 364 g/mol. The molecule has 5 rings (SSSR count). The normalized spacial score (nSPS) is 18.5. The molecule has 2 saturated carbocycles. The largest absolute Gasteiger partial charge is 0.442 e. The molecule has 2 aliphatic rings. The van der Waals surface area contributed by atoms with Gasteiger partial charge in [0.25, 0.3) is 0 Å². The molecule has 2 aromatic carbocycles. The maximum Gasteiger partial charge on any atom is 0.339 e. The molecule has 1 aromatic heterocycles. The third-order valence-electron chi connectivity index (χ3n) is 5.94. The number of esters is 1. The molecule has 1 heterocycles. The van der Waals surface area contributed by atoms with Crippen LogP contribution >= 0.6 is 10.5 Å². The standard InChI is InChI=1S/C25H23O2S/c26-24(27-25(15-4-16-25)17-13-19-5-3-6-19)21-9-11-22(12-10-21)28-18-14-20-7-1-2-8-23(20)28/h1-2,7-12,14,18-19H,3-6,15-16H2/q+1. The van der Waals surface area contributed by atoms with Crippen LogP contribution in [0.5, 0.6) is 0 Å². The molecule has 3 aromatic rings. The predicted octanol–water partition coefficient (Wildman–Crippen LogP) is 6.46. The summed E-state index contributed by atoms with van der Waals surface area (Å²) in [6.45, 7) is 0. The van der Waals surface area contributed by atoms with Crippen LogP contribution in [0.15, 0.2) is 60.0 Å². The molecule has 0 amide bonds. The van der Waals surface area contributed by atoms with E-state index >= 15 is 0 Å². The van der Waals surface area contributed by atoms with E-state index in [2.05, 4.69) is 59.7 Å².